The third-order valence-electron chi connectivity index (χ3n) is 1.54. The van der Waals surface area contributed by atoms with Crippen molar-refractivity contribution in [3.8, 4) is 5.75 Å². The van der Waals surface area contributed by atoms with Crippen LogP contribution in [0.25, 0.3) is 0 Å². The van der Waals surface area contributed by atoms with Crippen molar-refractivity contribution in [2.45, 2.75) is 4.90 Å². The van der Waals surface area contributed by atoms with Gasteiger partial charge in [-0.3, -0.25) is 4.79 Å². The van der Waals surface area contributed by atoms with Crippen LogP contribution in [0.2, 0.25) is 0 Å². The minimum Gasteiger partial charge on any atom is -0.507 e. The summed E-state index contributed by atoms with van der Waals surface area (Å²) in [6.07, 6.45) is 0. The predicted octanol–water partition coefficient (Wildman–Crippen LogP) is -0.862. The Balaban J connectivity index is 3.62. The lowest BCUT2D eigenvalue weighted by Crippen LogP contribution is -2.20. The number of amides is 1. The average Bonchev–Trinajstić information content (AvgIpc) is 2.01. The third kappa shape index (κ3) is 1.83. The van der Waals surface area contributed by atoms with E-state index in [0.717, 1.165) is 6.07 Å². The lowest BCUT2D eigenvalue weighted by atomic mass is 10.2. The number of phenolic OH excluding ortho intramolecular Hbond substituents is 1. The first-order chi connectivity index (χ1) is 6.34. The van der Waals surface area contributed by atoms with Crippen LogP contribution in [0.1, 0.15) is 10.4 Å². The monoisotopic (exact) mass is 216 g/mol. The molecule has 0 aromatic heterocycles. The Labute approximate surface area is 80.2 Å². The Morgan fingerprint density at radius 3 is 2.29 bits per heavy atom. The second-order valence-corrected chi connectivity index (χ2v) is 4.06. The number of rotatable bonds is 2. The van der Waals surface area contributed by atoms with Crippen LogP contribution in [-0.4, -0.2) is 19.4 Å². The zero-order valence-electron chi connectivity index (χ0n) is 6.97. The Morgan fingerprint density at radius 2 is 1.93 bits per heavy atom. The van der Waals surface area contributed by atoms with E-state index in [4.69, 9.17) is 10.9 Å². The summed E-state index contributed by atoms with van der Waals surface area (Å²) >= 11 is 0. The number of sulfonamides is 1. The molecular formula is C7H8N2O4S. The number of primary amides is 1. The van der Waals surface area contributed by atoms with Gasteiger partial charge in [0, 0.05) is 0 Å². The quantitative estimate of drug-likeness (QED) is 0.594. The maximum atomic E-state index is 11.0. The van der Waals surface area contributed by atoms with Crippen molar-refractivity contribution in [1.82, 2.24) is 0 Å². The third-order valence-corrected chi connectivity index (χ3v) is 2.54. The number of hydrogen-bond acceptors (Lipinski definition) is 4. The number of benzene rings is 1. The number of hydrogen-bond donors (Lipinski definition) is 3. The van der Waals surface area contributed by atoms with Crippen LogP contribution in [-0.2, 0) is 10.0 Å². The summed E-state index contributed by atoms with van der Waals surface area (Å²) in [5.74, 6) is -1.56. The van der Waals surface area contributed by atoms with Gasteiger partial charge in [-0.05, 0) is 12.1 Å². The van der Waals surface area contributed by atoms with Crippen molar-refractivity contribution in [1.29, 1.82) is 0 Å². The van der Waals surface area contributed by atoms with Gasteiger partial charge in [0.25, 0.3) is 0 Å². The number of carbonyl (C=O) groups is 1. The summed E-state index contributed by atoms with van der Waals surface area (Å²) < 4.78 is 22.0. The van der Waals surface area contributed by atoms with E-state index in [9.17, 15) is 18.3 Å². The van der Waals surface area contributed by atoms with Gasteiger partial charge in [-0.2, -0.15) is 0 Å². The van der Waals surface area contributed by atoms with Gasteiger partial charge in [-0.25, -0.2) is 13.6 Å². The molecule has 0 fully saturated rings. The molecule has 0 radical (unpaired) electrons. The van der Waals surface area contributed by atoms with Crippen molar-refractivity contribution < 1.29 is 18.3 Å². The first-order valence-electron chi connectivity index (χ1n) is 3.48. The Bertz CT molecular complexity index is 480. The standard InChI is InChI=1S/C7H8N2O4S/c8-7(11)4-2-1-3-5(10)6(4)14(9,12)13/h1-3,10H,(H2,8,11)(H2,9,12,13). The van der Waals surface area contributed by atoms with Gasteiger partial charge in [-0.1, -0.05) is 6.07 Å². The van der Waals surface area contributed by atoms with E-state index in [1.54, 1.807) is 0 Å². The Hall–Kier alpha value is -1.60. The highest BCUT2D eigenvalue weighted by atomic mass is 32.2. The van der Waals surface area contributed by atoms with E-state index in [1.165, 1.54) is 12.1 Å². The molecule has 0 heterocycles. The minimum absolute atomic E-state index is 0.326. The zero-order chi connectivity index (χ0) is 10.9. The molecule has 1 aromatic rings. The molecule has 5 N–H and O–H groups in total. The van der Waals surface area contributed by atoms with Gasteiger partial charge in [0.1, 0.15) is 10.6 Å². The lowest BCUT2D eigenvalue weighted by Gasteiger charge is -2.05. The molecule has 0 saturated heterocycles. The van der Waals surface area contributed by atoms with Gasteiger partial charge in [0.2, 0.25) is 15.9 Å². The molecule has 76 valence electrons. The molecule has 0 spiro atoms. The van der Waals surface area contributed by atoms with Gasteiger partial charge >= 0.3 is 0 Å². The summed E-state index contributed by atoms with van der Waals surface area (Å²) in [5, 5.41) is 14.0. The minimum atomic E-state index is -4.16. The summed E-state index contributed by atoms with van der Waals surface area (Å²) in [6.45, 7) is 0. The molecular weight excluding hydrogens is 208 g/mol. The highest BCUT2D eigenvalue weighted by molar-refractivity contribution is 7.89. The Morgan fingerprint density at radius 1 is 1.36 bits per heavy atom. The average molecular weight is 216 g/mol. The van der Waals surface area contributed by atoms with Crippen LogP contribution >= 0.6 is 0 Å². The molecule has 14 heavy (non-hydrogen) atoms. The summed E-state index contributed by atoms with van der Waals surface area (Å²) in [7, 11) is -4.16. The van der Waals surface area contributed by atoms with E-state index in [1.807, 2.05) is 0 Å². The fourth-order valence-electron chi connectivity index (χ4n) is 1.02. The van der Waals surface area contributed by atoms with Crippen LogP contribution in [0.15, 0.2) is 23.1 Å². The van der Waals surface area contributed by atoms with E-state index >= 15 is 0 Å². The molecule has 0 aliphatic heterocycles. The number of carbonyl (C=O) groups excluding carboxylic acids is 1. The molecule has 1 amide bonds. The van der Waals surface area contributed by atoms with Crippen LogP contribution in [0.3, 0.4) is 0 Å². The maximum Gasteiger partial charge on any atom is 0.250 e. The van der Waals surface area contributed by atoms with Crippen LogP contribution in [0.4, 0.5) is 0 Å². The first kappa shape index (κ1) is 10.5. The normalized spacial score (nSPS) is 11.2. The molecule has 6 nitrogen and oxygen atoms in total. The lowest BCUT2D eigenvalue weighted by molar-refractivity contribution is 0.0996. The van der Waals surface area contributed by atoms with Crippen LogP contribution < -0.4 is 10.9 Å². The second kappa shape index (κ2) is 3.28. The molecule has 0 unspecified atom stereocenters. The van der Waals surface area contributed by atoms with E-state index < -0.39 is 26.6 Å². The smallest absolute Gasteiger partial charge is 0.250 e. The Kier molecular flexibility index (Phi) is 2.45. The molecule has 0 atom stereocenters. The molecule has 0 aliphatic rings. The summed E-state index contributed by atoms with van der Waals surface area (Å²) in [4.78, 5) is 10.2. The van der Waals surface area contributed by atoms with Crippen LogP contribution in [0, 0.1) is 0 Å². The summed E-state index contributed by atoms with van der Waals surface area (Å²) in [5.41, 5.74) is 4.58. The van der Waals surface area contributed by atoms with Gasteiger partial charge in [-0.15, -0.1) is 0 Å². The number of aromatic hydroxyl groups is 1. The topological polar surface area (TPSA) is 123 Å². The fourth-order valence-corrected chi connectivity index (χ4v) is 1.85. The van der Waals surface area contributed by atoms with E-state index in [-0.39, 0.29) is 5.56 Å². The predicted molar refractivity (Wildman–Crippen MR) is 48.0 cm³/mol. The van der Waals surface area contributed by atoms with Gasteiger partial charge < -0.3 is 10.8 Å². The maximum absolute atomic E-state index is 11.0. The molecule has 0 saturated carbocycles. The molecule has 1 aromatic carbocycles. The summed E-state index contributed by atoms with van der Waals surface area (Å²) in [6, 6.07) is 3.57. The SMILES string of the molecule is NC(=O)c1cccc(O)c1S(N)(=O)=O. The van der Waals surface area contributed by atoms with E-state index in [2.05, 4.69) is 0 Å². The second-order valence-electron chi connectivity index (χ2n) is 2.56. The zero-order valence-corrected chi connectivity index (χ0v) is 7.78. The molecule has 7 heteroatoms. The molecule has 1 rings (SSSR count). The van der Waals surface area contributed by atoms with Crippen molar-refractivity contribution >= 4 is 15.9 Å². The molecule has 0 bridgehead atoms. The molecule has 0 aliphatic carbocycles. The van der Waals surface area contributed by atoms with Crippen molar-refractivity contribution in [3.05, 3.63) is 23.8 Å². The van der Waals surface area contributed by atoms with Gasteiger partial charge in [0.15, 0.2) is 0 Å². The van der Waals surface area contributed by atoms with Crippen molar-refractivity contribution in [2.24, 2.45) is 10.9 Å². The van der Waals surface area contributed by atoms with Gasteiger partial charge in [0.05, 0.1) is 5.56 Å². The highest BCUT2D eigenvalue weighted by Gasteiger charge is 2.21. The number of phenols is 1. The van der Waals surface area contributed by atoms with E-state index in [0.29, 0.717) is 0 Å². The largest absolute Gasteiger partial charge is 0.507 e. The van der Waals surface area contributed by atoms with Crippen molar-refractivity contribution in [3.63, 3.8) is 0 Å². The van der Waals surface area contributed by atoms with Crippen LogP contribution in [0.5, 0.6) is 5.75 Å². The highest BCUT2D eigenvalue weighted by Crippen LogP contribution is 2.24. The van der Waals surface area contributed by atoms with Crippen molar-refractivity contribution in [2.75, 3.05) is 0 Å². The first-order valence-corrected chi connectivity index (χ1v) is 5.03. The fraction of sp³-hybridized carbons (Fsp3) is 0. The number of primary sulfonamides is 1. The number of nitrogens with two attached hydrogens (primary N) is 2.